The molecule has 5 rings (SSSR count). The molecular weight excluding hydrogens is 374 g/mol. The lowest BCUT2D eigenvalue weighted by Gasteiger charge is -2.14. The molecular formula is C26H23NO3. The topological polar surface area (TPSA) is 47.6 Å². The maximum absolute atomic E-state index is 12.2. The average Bonchev–Trinajstić information content (AvgIpc) is 3.37. The third-order valence-corrected chi connectivity index (χ3v) is 5.73. The Balaban J connectivity index is 1.16. The second-order valence-electron chi connectivity index (χ2n) is 7.57. The molecule has 1 N–H and O–H groups in total. The molecule has 0 spiro atoms. The number of carbonyl (C=O) groups excluding carboxylic acids is 1. The highest BCUT2D eigenvalue weighted by atomic mass is 16.5. The van der Waals surface area contributed by atoms with E-state index in [0.29, 0.717) is 13.2 Å². The molecule has 3 aromatic carbocycles. The Labute approximate surface area is 176 Å². The summed E-state index contributed by atoms with van der Waals surface area (Å²) in [7, 11) is 0. The van der Waals surface area contributed by atoms with Gasteiger partial charge in [0.25, 0.3) is 0 Å². The number of fused-ring (bicyclic) bond motifs is 4. The van der Waals surface area contributed by atoms with E-state index in [1.165, 1.54) is 27.8 Å². The zero-order chi connectivity index (χ0) is 20.3. The van der Waals surface area contributed by atoms with Crippen molar-refractivity contribution in [1.29, 1.82) is 0 Å². The zero-order valence-electron chi connectivity index (χ0n) is 16.6. The summed E-state index contributed by atoms with van der Waals surface area (Å²) in [6.45, 7) is 1.50. The highest BCUT2D eigenvalue weighted by Crippen LogP contribution is 2.44. The maximum Gasteiger partial charge on any atom is 0.407 e. The van der Waals surface area contributed by atoms with Gasteiger partial charge in [-0.25, -0.2) is 4.79 Å². The molecule has 4 heteroatoms. The van der Waals surface area contributed by atoms with E-state index in [-0.39, 0.29) is 5.92 Å². The lowest BCUT2D eigenvalue weighted by Crippen LogP contribution is -2.26. The fourth-order valence-electron chi connectivity index (χ4n) is 4.30. The number of benzene rings is 3. The van der Waals surface area contributed by atoms with Crippen LogP contribution in [0.5, 0.6) is 5.75 Å². The average molecular weight is 397 g/mol. The number of hydrogen-bond acceptors (Lipinski definition) is 3. The van der Waals surface area contributed by atoms with E-state index in [2.05, 4.69) is 35.6 Å². The van der Waals surface area contributed by atoms with Crippen LogP contribution in [0, 0.1) is 0 Å². The number of ether oxygens (including phenoxy) is 2. The van der Waals surface area contributed by atoms with Gasteiger partial charge in [-0.1, -0.05) is 66.7 Å². The van der Waals surface area contributed by atoms with Crippen molar-refractivity contribution in [2.45, 2.75) is 12.3 Å². The lowest BCUT2D eigenvalue weighted by atomic mass is 9.98. The first-order valence-electron chi connectivity index (χ1n) is 10.3. The highest BCUT2D eigenvalue weighted by molar-refractivity contribution is 5.79. The summed E-state index contributed by atoms with van der Waals surface area (Å²) in [6, 6.07) is 22.8. The number of carbonyl (C=O) groups is 1. The van der Waals surface area contributed by atoms with Crippen molar-refractivity contribution < 1.29 is 14.3 Å². The second kappa shape index (κ2) is 8.07. The summed E-state index contributed by atoms with van der Waals surface area (Å²) < 4.78 is 11.1. The Hall–Kier alpha value is -3.53. The van der Waals surface area contributed by atoms with Gasteiger partial charge >= 0.3 is 6.09 Å². The van der Waals surface area contributed by atoms with Gasteiger partial charge in [-0.3, -0.25) is 0 Å². The smallest absolute Gasteiger partial charge is 0.407 e. The van der Waals surface area contributed by atoms with E-state index in [4.69, 9.17) is 9.47 Å². The molecule has 0 aromatic heterocycles. The summed E-state index contributed by atoms with van der Waals surface area (Å²) in [6.07, 6.45) is 4.49. The Morgan fingerprint density at radius 1 is 1.03 bits per heavy atom. The minimum absolute atomic E-state index is 0.0762. The van der Waals surface area contributed by atoms with Gasteiger partial charge in [0.1, 0.15) is 12.4 Å². The van der Waals surface area contributed by atoms with Crippen molar-refractivity contribution in [3.8, 4) is 16.9 Å². The van der Waals surface area contributed by atoms with E-state index in [0.717, 1.165) is 24.3 Å². The van der Waals surface area contributed by atoms with Gasteiger partial charge in [0.2, 0.25) is 0 Å². The van der Waals surface area contributed by atoms with E-state index < -0.39 is 6.09 Å². The zero-order valence-corrected chi connectivity index (χ0v) is 16.6. The number of amides is 1. The molecule has 0 fully saturated rings. The van der Waals surface area contributed by atoms with Gasteiger partial charge in [-0.05, 0) is 45.5 Å². The molecule has 30 heavy (non-hydrogen) atoms. The molecule has 0 saturated carbocycles. The molecule has 1 aliphatic carbocycles. The predicted molar refractivity (Wildman–Crippen MR) is 118 cm³/mol. The monoisotopic (exact) mass is 397 g/mol. The third-order valence-electron chi connectivity index (χ3n) is 5.73. The van der Waals surface area contributed by atoms with Crippen LogP contribution in [0.2, 0.25) is 0 Å². The molecule has 1 aliphatic heterocycles. The van der Waals surface area contributed by atoms with Crippen molar-refractivity contribution in [3.63, 3.8) is 0 Å². The first-order chi connectivity index (χ1) is 14.8. The van der Waals surface area contributed by atoms with Crippen LogP contribution in [0.25, 0.3) is 17.2 Å². The standard InChI is InChI=1S/C26H23NO3/c28-26(27-14-5-6-18-11-12-25-19(16-18)13-15-29-25)30-17-24-22-9-3-1-7-20(22)21-8-2-4-10-23(21)24/h1-12,16,24H,13-15,17H2,(H,27,28). The first kappa shape index (κ1) is 18.5. The van der Waals surface area contributed by atoms with Gasteiger partial charge in [-0.2, -0.15) is 0 Å². The molecule has 3 aromatic rings. The van der Waals surface area contributed by atoms with Crippen molar-refractivity contribution in [3.05, 3.63) is 95.1 Å². The summed E-state index contributed by atoms with van der Waals surface area (Å²) in [4.78, 5) is 12.2. The number of rotatable bonds is 5. The molecule has 0 saturated heterocycles. The van der Waals surface area contributed by atoms with E-state index in [1.807, 2.05) is 48.6 Å². The lowest BCUT2D eigenvalue weighted by molar-refractivity contribution is 0.144. The van der Waals surface area contributed by atoms with E-state index in [9.17, 15) is 4.79 Å². The van der Waals surface area contributed by atoms with Crippen LogP contribution in [0.15, 0.2) is 72.8 Å². The van der Waals surface area contributed by atoms with Gasteiger partial charge in [-0.15, -0.1) is 0 Å². The molecule has 4 nitrogen and oxygen atoms in total. The Bertz CT molecular complexity index is 1070. The van der Waals surface area contributed by atoms with Crippen LogP contribution in [0.4, 0.5) is 4.79 Å². The van der Waals surface area contributed by atoms with E-state index >= 15 is 0 Å². The molecule has 0 unspecified atom stereocenters. The van der Waals surface area contributed by atoms with Crippen LogP contribution in [0.1, 0.15) is 28.2 Å². The Morgan fingerprint density at radius 2 is 1.77 bits per heavy atom. The second-order valence-corrected chi connectivity index (χ2v) is 7.57. The number of nitrogens with one attached hydrogen (secondary N) is 1. The maximum atomic E-state index is 12.2. The van der Waals surface area contributed by atoms with Crippen molar-refractivity contribution in [1.82, 2.24) is 5.32 Å². The summed E-state index contributed by atoms with van der Waals surface area (Å²) in [5.74, 6) is 1.05. The summed E-state index contributed by atoms with van der Waals surface area (Å²) in [5.41, 5.74) is 7.23. The first-order valence-corrected chi connectivity index (χ1v) is 10.3. The van der Waals surface area contributed by atoms with E-state index in [1.54, 1.807) is 0 Å². The molecule has 0 radical (unpaired) electrons. The van der Waals surface area contributed by atoms with Crippen LogP contribution in [-0.2, 0) is 11.2 Å². The molecule has 1 amide bonds. The highest BCUT2D eigenvalue weighted by Gasteiger charge is 2.28. The predicted octanol–water partition coefficient (Wildman–Crippen LogP) is 5.17. The normalized spacial score (nSPS) is 14.1. The fraction of sp³-hybridized carbons (Fsp3) is 0.192. The van der Waals surface area contributed by atoms with Crippen LogP contribution in [0.3, 0.4) is 0 Å². The molecule has 1 heterocycles. The van der Waals surface area contributed by atoms with Crippen LogP contribution < -0.4 is 10.1 Å². The quantitative estimate of drug-likeness (QED) is 0.646. The van der Waals surface area contributed by atoms with Gasteiger partial charge in [0.15, 0.2) is 0 Å². The Morgan fingerprint density at radius 3 is 2.53 bits per heavy atom. The van der Waals surface area contributed by atoms with Crippen molar-refractivity contribution >= 4 is 12.2 Å². The van der Waals surface area contributed by atoms with Gasteiger partial charge in [0.05, 0.1) is 6.61 Å². The minimum Gasteiger partial charge on any atom is -0.493 e. The van der Waals surface area contributed by atoms with Crippen LogP contribution >= 0.6 is 0 Å². The van der Waals surface area contributed by atoms with Gasteiger partial charge in [0, 0.05) is 18.9 Å². The summed E-state index contributed by atoms with van der Waals surface area (Å²) in [5, 5.41) is 2.80. The molecule has 150 valence electrons. The largest absolute Gasteiger partial charge is 0.493 e. The molecule has 2 aliphatic rings. The SMILES string of the molecule is O=C(NCC=Cc1ccc2c(c1)CCO2)OCC1c2ccccc2-c2ccccc21. The van der Waals surface area contributed by atoms with Gasteiger partial charge < -0.3 is 14.8 Å². The van der Waals surface area contributed by atoms with Crippen molar-refractivity contribution in [2.24, 2.45) is 0 Å². The fourth-order valence-corrected chi connectivity index (χ4v) is 4.30. The molecule has 0 bridgehead atoms. The summed E-state index contributed by atoms with van der Waals surface area (Å²) >= 11 is 0. The van der Waals surface area contributed by atoms with Crippen LogP contribution in [-0.4, -0.2) is 25.9 Å². The Kier molecular flexibility index (Phi) is 4.98. The number of alkyl carbamates (subject to hydrolysis) is 1. The minimum atomic E-state index is -0.399. The third kappa shape index (κ3) is 3.57. The number of hydrogen-bond donors (Lipinski definition) is 1. The molecule has 0 atom stereocenters. The van der Waals surface area contributed by atoms with Crippen molar-refractivity contribution in [2.75, 3.05) is 19.8 Å².